The third-order valence-corrected chi connectivity index (χ3v) is 7.53. The number of esters is 1. The quantitative estimate of drug-likeness (QED) is 0.329. The van der Waals surface area contributed by atoms with Crippen LogP contribution in [0.5, 0.6) is 5.75 Å². The number of hydrogen-bond acceptors (Lipinski definition) is 6. The Hall–Kier alpha value is -3.29. The molecule has 0 fully saturated rings. The first-order valence-corrected chi connectivity index (χ1v) is 14.6. The Kier molecular flexibility index (Phi) is 8.22. The van der Waals surface area contributed by atoms with Gasteiger partial charge in [-0.2, -0.15) is 0 Å². The van der Waals surface area contributed by atoms with E-state index in [4.69, 9.17) is 19.2 Å². The van der Waals surface area contributed by atoms with Crippen molar-refractivity contribution in [1.82, 2.24) is 10.3 Å². The third kappa shape index (κ3) is 6.16. The van der Waals surface area contributed by atoms with Gasteiger partial charge in [0.25, 0.3) is 0 Å². The summed E-state index contributed by atoms with van der Waals surface area (Å²) in [5, 5.41) is 3.43. The van der Waals surface area contributed by atoms with Gasteiger partial charge in [0.05, 0.1) is 18.3 Å². The van der Waals surface area contributed by atoms with E-state index in [1.54, 1.807) is 0 Å². The van der Waals surface area contributed by atoms with Crippen LogP contribution < -0.4 is 10.1 Å². The van der Waals surface area contributed by atoms with Crippen LogP contribution in [-0.2, 0) is 33.7 Å². The Balaban J connectivity index is 1.83. The zero-order valence-corrected chi connectivity index (χ0v) is 25.2. The summed E-state index contributed by atoms with van der Waals surface area (Å²) in [7, 11) is 0. The second-order valence-corrected chi connectivity index (χ2v) is 12.4. The molecule has 7 heteroatoms. The summed E-state index contributed by atoms with van der Waals surface area (Å²) < 4.78 is 33.5. The van der Waals surface area contributed by atoms with Crippen molar-refractivity contribution < 1.29 is 23.4 Å². The lowest BCUT2D eigenvalue weighted by Crippen LogP contribution is -2.31. The molecule has 0 amide bonds. The van der Waals surface area contributed by atoms with Crippen molar-refractivity contribution >= 4 is 5.97 Å². The minimum Gasteiger partial charge on any atom is -0.490 e. The molecule has 0 radical (unpaired) electrons. The first-order valence-electron chi connectivity index (χ1n) is 14.6. The van der Waals surface area contributed by atoms with Gasteiger partial charge in [-0.05, 0) is 120 Å². The van der Waals surface area contributed by atoms with E-state index >= 15 is 4.39 Å². The van der Waals surface area contributed by atoms with Crippen molar-refractivity contribution in [3.8, 4) is 28.0 Å². The second-order valence-electron chi connectivity index (χ2n) is 12.4. The summed E-state index contributed by atoms with van der Waals surface area (Å²) in [5.41, 5.74) is 8.01. The van der Waals surface area contributed by atoms with Crippen LogP contribution in [0.4, 0.5) is 4.39 Å². The van der Waals surface area contributed by atoms with Crippen LogP contribution in [0.3, 0.4) is 0 Å². The number of nitrogens with one attached hydrogen (secondary N) is 1. The molecule has 2 aromatic carbocycles. The van der Waals surface area contributed by atoms with E-state index in [-0.39, 0.29) is 6.10 Å². The van der Waals surface area contributed by atoms with Gasteiger partial charge < -0.3 is 19.5 Å². The van der Waals surface area contributed by atoms with Crippen molar-refractivity contribution in [2.45, 2.75) is 92.1 Å². The molecular weight excluding hydrogens is 519 g/mol. The molecule has 0 saturated carbocycles. The Morgan fingerprint density at radius 1 is 1.00 bits per heavy atom. The molecular formula is C34H41FN2O4. The van der Waals surface area contributed by atoms with E-state index in [1.165, 1.54) is 17.2 Å². The average molecular weight is 561 g/mol. The molecule has 5 rings (SSSR count). The smallest absolute Gasteiger partial charge is 0.340 e. The Labute approximate surface area is 242 Å². The van der Waals surface area contributed by atoms with Gasteiger partial charge in [-0.15, -0.1) is 0 Å². The zero-order valence-electron chi connectivity index (χ0n) is 25.2. The third-order valence-electron chi connectivity index (χ3n) is 7.53. The van der Waals surface area contributed by atoms with Gasteiger partial charge >= 0.3 is 5.97 Å². The Bertz CT molecular complexity index is 1470. The molecule has 3 heterocycles. The van der Waals surface area contributed by atoms with Crippen molar-refractivity contribution in [1.29, 1.82) is 0 Å². The summed E-state index contributed by atoms with van der Waals surface area (Å²) in [6, 6.07) is 9.99. The van der Waals surface area contributed by atoms with Crippen LogP contribution in [0.15, 0.2) is 30.3 Å². The summed E-state index contributed by atoms with van der Waals surface area (Å²) in [4.78, 5) is 18.7. The lowest BCUT2D eigenvalue weighted by Gasteiger charge is -2.31. The predicted octanol–water partition coefficient (Wildman–Crippen LogP) is 6.95. The molecule has 1 atom stereocenters. The minimum absolute atomic E-state index is 0.314. The highest BCUT2D eigenvalue weighted by Gasteiger charge is 2.35. The second kappa shape index (κ2) is 11.5. The van der Waals surface area contributed by atoms with Crippen molar-refractivity contribution in [3.63, 3.8) is 0 Å². The van der Waals surface area contributed by atoms with E-state index < -0.39 is 23.5 Å². The van der Waals surface area contributed by atoms with E-state index in [9.17, 15) is 4.79 Å². The summed E-state index contributed by atoms with van der Waals surface area (Å²) in [6.45, 7) is 15.5. The first kappa shape index (κ1) is 29.2. The molecule has 3 aromatic rings. The number of benzene rings is 2. The highest BCUT2D eigenvalue weighted by atomic mass is 19.1. The van der Waals surface area contributed by atoms with Gasteiger partial charge in [0.2, 0.25) is 0 Å². The minimum atomic E-state index is -1.06. The maximum Gasteiger partial charge on any atom is 0.340 e. The number of carbonyl (C=O) groups is 1. The van der Waals surface area contributed by atoms with Crippen LogP contribution in [-0.4, -0.2) is 35.8 Å². The van der Waals surface area contributed by atoms with Gasteiger partial charge in [-0.3, -0.25) is 4.98 Å². The number of aryl methyl sites for hydroxylation is 3. The first-order chi connectivity index (χ1) is 19.4. The van der Waals surface area contributed by atoms with Gasteiger partial charge in [0, 0.05) is 29.1 Å². The number of aromatic nitrogens is 1. The maximum atomic E-state index is 15.6. The standard InChI is InChI=1S/C34H41FN2O4/c1-19(2)40-33(38)32(41-34(5,6)7)29-21(4)37-20(3)28(23-10-11-25-18-36-13-12-22(25)15-23)30(29)26-16-24-9-8-14-39-31(24)27(35)17-26/h10-11,15-17,19,32,36H,8-9,12-14,18H2,1-7H3. The highest BCUT2D eigenvalue weighted by Crippen LogP contribution is 2.45. The number of fused-ring (bicyclic) bond motifs is 2. The van der Waals surface area contributed by atoms with Crippen molar-refractivity contribution in [2.24, 2.45) is 0 Å². The number of rotatable bonds is 6. The van der Waals surface area contributed by atoms with Crippen LogP contribution in [0.2, 0.25) is 0 Å². The summed E-state index contributed by atoms with van der Waals surface area (Å²) in [5.74, 6) is -0.585. The van der Waals surface area contributed by atoms with Gasteiger partial charge in [0.15, 0.2) is 17.7 Å². The van der Waals surface area contributed by atoms with E-state index in [2.05, 4.69) is 23.5 Å². The molecule has 0 aliphatic carbocycles. The maximum absolute atomic E-state index is 15.6. The lowest BCUT2D eigenvalue weighted by atomic mass is 9.84. The van der Waals surface area contributed by atoms with E-state index in [0.29, 0.717) is 29.2 Å². The molecule has 0 bridgehead atoms. The molecule has 1 aromatic heterocycles. The van der Waals surface area contributed by atoms with Crippen molar-refractivity contribution in [2.75, 3.05) is 13.2 Å². The van der Waals surface area contributed by atoms with Gasteiger partial charge in [0.1, 0.15) is 0 Å². The number of halogens is 1. The van der Waals surface area contributed by atoms with E-state index in [0.717, 1.165) is 60.3 Å². The molecule has 2 aliphatic rings. The van der Waals surface area contributed by atoms with Crippen LogP contribution in [0, 0.1) is 19.7 Å². The monoisotopic (exact) mass is 560 g/mol. The van der Waals surface area contributed by atoms with Crippen LogP contribution in [0.1, 0.15) is 80.8 Å². The number of ether oxygens (including phenoxy) is 3. The van der Waals surface area contributed by atoms with Gasteiger partial charge in [-0.25, -0.2) is 9.18 Å². The van der Waals surface area contributed by atoms with E-state index in [1.807, 2.05) is 54.5 Å². The Morgan fingerprint density at radius 2 is 1.76 bits per heavy atom. The molecule has 6 nitrogen and oxygen atoms in total. The molecule has 41 heavy (non-hydrogen) atoms. The highest BCUT2D eigenvalue weighted by molar-refractivity contribution is 5.92. The molecule has 0 spiro atoms. The predicted molar refractivity (Wildman–Crippen MR) is 159 cm³/mol. The number of hydrogen-bond donors (Lipinski definition) is 1. The van der Waals surface area contributed by atoms with Crippen LogP contribution in [0.25, 0.3) is 22.3 Å². The number of pyridine rings is 1. The number of carbonyl (C=O) groups excluding carboxylic acids is 1. The molecule has 1 N–H and O–H groups in total. The van der Waals surface area contributed by atoms with Crippen molar-refractivity contribution in [3.05, 3.63) is 69.8 Å². The fourth-order valence-corrected chi connectivity index (χ4v) is 5.92. The SMILES string of the molecule is Cc1nc(C)c(C(OC(C)(C)C)C(=O)OC(C)C)c(-c2cc(F)c3c(c2)CCCO3)c1-c1ccc2c(c1)CCNC2. The summed E-state index contributed by atoms with van der Waals surface area (Å²) >= 11 is 0. The average Bonchev–Trinajstić information content (AvgIpc) is 2.90. The van der Waals surface area contributed by atoms with Gasteiger partial charge in [-0.1, -0.05) is 18.2 Å². The fourth-order valence-electron chi connectivity index (χ4n) is 5.92. The van der Waals surface area contributed by atoms with Crippen LogP contribution >= 0.6 is 0 Å². The number of nitrogens with zero attached hydrogens (tertiary/aromatic N) is 1. The topological polar surface area (TPSA) is 69.7 Å². The molecule has 2 aliphatic heterocycles. The molecule has 0 saturated heterocycles. The molecule has 218 valence electrons. The zero-order chi connectivity index (χ0) is 29.5. The summed E-state index contributed by atoms with van der Waals surface area (Å²) in [6.07, 6.45) is 1.07. The lowest BCUT2D eigenvalue weighted by molar-refractivity contribution is -0.171. The fraction of sp³-hybridized carbons (Fsp3) is 0.471. The normalized spacial score (nSPS) is 15.6. The largest absolute Gasteiger partial charge is 0.490 e. The Morgan fingerprint density at radius 3 is 2.49 bits per heavy atom. The molecule has 1 unspecified atom stereocenters.